The Balaban J connectivity index is 1.57. The van der Waals surface area contributed by atoms with Gasteiger partial charge in [0.1, 0.15) is 18.8 Å². The molecule has 6 nitrogen and oxygen atoms in total. The van der Waals surface area contributed by atoms with Crippen molar-refractivity contribution in [1.82, 2.24) is 5.32 Å². The van der Waals surface area contributed by atoms with Gasteiger partial charge in [-0.05, 0) is 43.7 Å². The maximum Gasteiger partial charge on any atom is 0.287 e. The smallest absolute Gasteiger partial charge is 0.287 e. The topological polar surface area (TPSA) is 77.8 Å². The Morgan fingerprint density at radius 2 is 1.81 bits per heavy atom. The van der Waals surface area contributed by atoms with Crippen molar-refractivity contribution in [2.45, 2.75) is 19.9 Å². The van der Waals surface area contributed by atoms with E-state index in [9.17, 15) is 9.59 Å². The number of hydrogen-bond acceptors (Lipinski definition) is 5. The van der Waals surface area contributed by atoms with Crippen molar-refractivity contribution in [3.8, 4) is 11.5 Å². The van der Waals surface area contributed by atoms with E-state index >= 15 is 0 Å². The van der Waals surface area contributed by atoms with Crippen LogP contribution in [0.25, 0.3) is 11.0 Å². The maximum absolute atomic E-state index is 12.6. The van der Waals surface area contributed by atoms with Crippen molar-refractivity contribution in [2.75, 3.05) is 13.2 Å². The number of amides is 1. The van der Waals surface area contributed by atoms with E-state index < -0.39 is 5.91 Å². The average Bonchev–Trinajstić information content (AvgIpc) is 2.68. The molecule has 1 atom stereocenters. The summed E-state index contributed by atoms with van der Waals surface area (Å²) in [6, 6.07) is 11.8. The normalized spacial score (nSPS) is 14.0. The average molecular weight is 365 g/mol. The van der Waals surface area contributed by atoms with Gasteiger partial charge in [0.15, 0.2) is 22.7 Å². The Labute approximate surface area is 155 Å². The number of fused-ring (bicyclic) bond motifs is 2. The van der Waals surface area contributed by atoms with E-state index in [1.807, 2.05) is 38.1 Å². The number of carbonyl (C=O) groups is 1. The zero-order valence-corrected chi connectivity index (χ0v) is 15.1. The second-order valence-corrected chi connectivity index (χ2v) is 6.57. The van der Waals surface area contributed by atoms with Crippen LogP contribution in [-0.4, -0.2) is 19.1 Å². The minimum atomic E-state index is -0.447. The fourth-order valence-electron chi connectivity index (χ4n) is 3.06. The summed E-state index contributed by atoms with van der Waals surface area (Å²) in [7, 11) is 0. The molecule has 2 heterocycles. The first-order valence-electron chi connectivity index (χ1n) is 8.76. The Bertz CT molecular complexity index is 1090. The van der Waals surface area contributed by atoms with Crippen LogP contribution in [0.5, 0.6) is 11.5 Å². The molecule has 3 aromatic rings. The van der Waals surface area contributed by atoms with Gasteiger partial charge in [0.05, 0.1) is 11.4 Å². The first kappa shape index (κ1) is 17.1. The molecule has 1 aliphatic heterocycles. The molecular formula is C21H19NO5. The lowest BCUT2D eigenvalue weighted by Crippen LogP contribution is -2.27. The van der Waals surface area contributed by atoms with Crippen LogP contribution < -0.4 is 20.2 Å². The minimum Gasteiger partial charge on any atom is -0.486 e. The van der Waals surface area contributed by atoms with Crippen LogP contribution in [0.1, 0.15) is 34.6 Å². The lowest BCUT2D eigenvalue weighted by Gasteiger charge is -2.21. The van der Waals surface area contributed by atoms with Crippen LogP contribution in [0.3, 0.4) is 0 Å². The highest BCUT2D eigenvalue weighted by Gasteiger charge is 2.18. The van der Waals surface area contributed by atoms with Gasteiger partial charge in [-0.3, -0.25) is 9.59 Å². The van der Waals surface area contributed by atoms with Gasteiger partial charge in [0, 0.05) is 6.07 Å². The summed E-state index contributed by atoms with van der Waals surface area (Å²) < 4.78 is 16.7. The molecule has 0 bridgehead atoms. The molecule has 0 saturated carbocycles. The molecule has 27 heavy (non-hydrogen) atoms. The fourth-order valence-corrected chi connectivity index (χ4v) is 3.06. The molecule has 0 spiro atoms. The van der Waals surface area contributed by atoms with Gasteiger partial charge >= 0.3 is 0 Å². The van der Waals surface area contributed by atoms with Crippen LogP contribution >= 0.6 is 0 Å². The minimum absolute atomic E-state index is 0.0132. The first-order valence-corrected chi connectivity index (χ1v) is 8.76. The highest BCUT2D eigenvalue weighted by Crippen LogP contribution is 2.32. The van der Waals surface area contributed by atoms with E-state index in [4.69, 9.17) is 13.9 Å². The van der Waals surface area contributed by atoms with Crippen molar-refractivity contribution in [3.05, 3.63) is 69.6 Å². The Kier molecular flexibility index (Phi) is 4.32. The summed E-state index contributed by atoms with van der Waals surface area (Å²) in [5, 5.41) is 3.32. The fraction of sp³-hybridized carbons (Fsp3) is 0.238. The predicted octanol–water partition coefficient (Wildman–Crippen LogP) is 3.36. The van der Waals surface area contributed by atoms with Crippen LogP contribution in [0.4, 0.5) is 0 Å². The van der Waals surface area contributed by atoms with Crippen LogP contribution in [0.15, 0.2) is 51.7 Å². The third-order valence-electron chi connectivity index (χ3n) is 4.52. The molecule has 1 N–H and O–H groups in total. The zero-order chi connectivity index (χ0) is 19.0. The lowest BCUT2D eigenvalue weighted by molar-refractivity contribution is 0.0912. The molecule has 1 amide bonds. The van der Waals surface area contributed by atoms with Gasteiger partial charge in [0.2, 0.25) is 0 Å². The van der Waals surface area contributed by atoms with Crippen LogP contribution in [0, 0.1) is 6.92 Å². The van der Waals surface area contributed by atoms with E-state index in [0.717, 1.165) is 11.1 Å². The number of hydrogen-bond donors (Lipinski definition) is 1. The standard InChI is InChI=1S/C21H19NO5/c1-12-3-5-17-15(9-12)16(23)11-20(27-17)21(24)22-13(2)14-4-6-18-19(10-14)26-8-7-25-18/h3-6,9-11,13H,7-8H2,1-2H3,(H,22,24)/t13-/m0/s1. The van der Waals surface area contributed by atoms with E-state index in [0.29, 0.717) is 35.7 Å². The molecule has 2 aromatic carbocycles. The van der Waals surface area contributed by atoms with E-state index in [1.165, 1.54) is 6.07 Å². The molecule has 0 radical (unpaired) electrons. The van der Waals surface area contributed by atoms with Gasteiger partial charge < -0.3 is 19.2 Å². The molecule has 0 saturated heterocycles. The van der Waals surface area contributed by atoms with Crippen molar-refractivity contribution in [2.24, 2.45) is 0 Å². The molecular weight excluding hydrogens is 346 g/mol. The number of nitrogens with one attached hydrogen (secondary N) is 1. The summed E-state index contributed by atoms with van der Waals surface area (Å²) in [6.45, 7) is 4.78. The van der Waals surface area contributed by atoms with E-state index in [2.05, 4.69) is 5.32 Å². The molecule has 1 aromatic heterocycles. The first-order chi connectivity index (χ1) is 13.0. The number of benzene rings is 2. The summed E-state index contributed by atoms with van der Waals surface area (Å²) in [5.41, 5.74) is 1.98. The van der Waals surface area contributed by atoms with Crippen molar-refractivity contribution < 1.29 is 18.7 Å². The number of carbonyl (C=O) groups excluding carboxylic acids is 1. The largest absolute Gasteiger partial charge is 0.486 e. The van der Waals surface area contributed by atoms with Crippen molar-refractivity contribution >= 4 is 16.9 Å². The zero-order valence-electron chi connectivity index (χ0n) is 15.1. The summed E-state index contributed by atoms with van der Waals surface area (Å²) >= 11 is 0. The Morgan fingerprint density at radius 3 is 2.63 bits per heavy atom. The van der Waals surface area contributed by atoms with Crippen LogP contribution in [0.2, 0.25) is 0 Å². The maximum atomic E-state index is 12.6. The number of aryl methyl sites for hydroxylation is 1. The summed E-state index contributed by atoms with van der Waals surface area (Å²) in [6.07, 6.45) is 0. The van der Waals surface area contributed by atoms with Gasteiger partial charge in [-0.2, -0.15) is 0 Å². The second-order valence-electron chi connectivity index (χ2n) is 6.57. The third-order valence-corrected chi connectivity index (χ3v) is 4.52. The molecule has 6 heteroatoms. The van der Waals surface area contributed by atoms with E-state index in [1.54, 1.807) is 12.1 Å². The number of rotatable bonds is 3. The van der Waals surface area contributed by atoms with Crippen molar-refractivity contribution in [3.63, 3.8) is 0 Å². The Morgan fingerprint density at radius 1 is 1.04 bits per heavy atom. The molecule has 0 unspecified atom stereocenters. The highest BCUT2D eigenvalue weighted by molar-refractivity contribution is 5.93. The number of ether oxygens (including phenoxy) is 2. The van der Waals surface area contributed by atoms with Gasteiger partial charge in [-0.1, -0.05) is 17.7 Å². The predicted molar refractivity (Wildman–Crippen MR) is 101 cm³/mol. The monoisotopic (exact) mass is 365 g/mol. The molecule has 0 fully saturated rings. The van der Waals surface area contributed by atoms with E-state index in [-0.39, 0.29) is 17.2 Å². The van der Waals surface area contributed by atoms with Gasteiger partial charge in [-0.15, -0.1) is 0 Å². The molecule has 1 aliphatic rings. The second kappa shape index (κ2) is 6.79. The summed E-state index contributed by atoms with van der Waals surface area (Å²) in [4.78, 5) is 24.9. The van der Waals surface area contributed by atoms with Gasteiger partial charge in [0.25, 0.3) is 5.91 Å². The van der Waals surface area contributed by atoms with Gasteiger partial charge in [-0.25, -0.2) is 0 Å². The van der Waals surface area contributed by atoms with Crippen molar-refractivity contribution in [1.29, 1.82) is 0 Å². The third kappa shape index (κ3) is 3.38. The lowest BCUT2D eigenvalue weighted by atomic mass is 10.1. The quantitative estimate of drug-likeness (QED) is 0.770. The molecule has 138 valence electrons. The SMILES string of the molecule is Cc1ccc2oc(C(=O)N[C@@H](C)c3ccc4c(c3)OCCO4)cc(=O)c2c1. The Hall–Kier alpha value is -3.28. The molecule has 0 aliphatic carbocycles. The van der Waals surface area contributed by atoms with Crippen LogP contribution in [-0.2, 0) is 0 Å². The highest BCUT2D eigenvalue weighted by atomic mass is 16.6. The molecule has 4 rings (SSSR count). The summed E-state index contributed by atoms with van der Waals surface area (Å²) in [5.74, 6) is 0.893.